The summed E-state index contributed by atoms with van der Waals surface area (Å²) < 4.78 is 28.6. The molecule has 0 radical (unpaired) electrons. The van der Waals surface area contributed by atoms with Gasteiger partial charge in [0.1, 0.15) is 0 Å². The molecule has 1 heterocycles. The number of hydrogen-bond donors (Lipinski definition) is 4. The van der Waals surface area contributed by atoms with Crippen LogP contribution >= 0.6 is 15.9 Å². The van der Waals surface area contributed by atoms with E-state index in [-0.39, 0.29) is 12.5 Å². The van der Waals surface area contributed by atoms with Gasteiger partial charge in [0, 0.05) is 22.4 Å². The van der Waals surface area contributed by atoms with Crippen LogP contribution in [0.2, 0.25) is 0 Å². The lowest BCUT2D eigenvalue weighted by atomic mass is 10.1. The molecule has 3 rings (SSSR count). The minimum atomic E-state index is -3.80. The van der Waals surface area contributed by atoms with Crippen LogP contribution in [-0.2, 0) is 14.8 Å². The highest BCUT2D eigenvalue weighted by atomic mass is 79.9. The maximum absolute atomic E-state index is 12.6. The van der Waals surface area contributed by atoms with E-state index >= 15 is 0 Å². The summed E-state index contributed by atoms with van der Waals surface area (Å²) in [5.74, 6) is -1.15. The summed E-state index contributed by atoms with van der Waals surface area (Å²) in [6.07, 6.45) is 0. The van der Waals surface area contributed by atoms with Crippen molar-refractivity contribution < 1.29 is 13.2 Å². The summed E-state index contributed by atoms with van der Waals surface area (Å²) in [4.78, 5) is 12.5. The van der Waals surface area contributed by atoms with E-state index in [0.717, 1.165) is 4.47 Å². The van der Waals surface area contributed by atoms with Gasteiger partial charge in [-0.15, -0.1) is 0 Å². The first-order valence-electron chi connectivity index (χ1n) is 7.57. The third-order valence-corrected chi connectivity index (χ3v) is 5.91. The van der Waals surface area contributed by atoms with E-state index in [0.29, 0.717) is 11.4 Å². The summed E-state index contributed by atoms with van der Waals surface area (Å²) in [7, 11) is -3.80. The number of hydrazine groups is 1. The molecule has 7 nitrogen and oxygen atoms in total. The Morgan fingerprint density at radius 1 is 1.04 bits per heavy atom. The van der Waals surface area contributed by atoms with Crippen LogP contribution in [0.3, 0.4) is 0 Å². The quantitative estimate of drug-likeness (QED) is 0.587. The molecule has 0 aliphatic carbocycles. The zero-order valence-corrected chi connectivity index (χ0v) is 15.5. The van der Waals surface area contributed by atoms with Crippen LogP contribution in [0.4, 0.5) is 11.4 Å². The molecule has 1 aliphatic heterocycles. The van der Waals surface area contributed by atoms with Gasteiger partial charge in [-0.25, -0.2) is 13.8 Å². The zero-order chi connectivity index (χ0) is 17.9. The number of amides is 1. The Bertz CT molecular complexity index is 843. The lowest BCUT2D eigenvalue weighted by molar-refractivity contribution is -0.119. The van der Waals surface area contributed by atoms with Crippen molar-refractivity contribution in [2.75, 3.05) is 16.6 Å². The van der Waals surface area contributed by atoms with Crippen LogP contribution in [0, 0.1) is 5.92 Å². The van der Waals surface area contributed by atoms with Gasteiger partial charge >= 0.3 is 0 Å². The second-order valence-electron chi connectivity index (χ2n) is 5.56. The van der Waals surface area contributed by atoms with Crippen molar-refractivity contribution >= 4 is 43.2 Å². The average molecular weight is 425 g/mol. The molecule has 0 saturated carbocycles. The van der Waals surface area contributed by atoms with Gasteiger partial charge in [-0.2, -0.15) is 0 Å². The molecule has 0 aromatic heterocycles. The highest BCUT2D eigenvalue weighted by molar-refractivity contribution is 9.10. The minimum absolute atomic E-state index is 0.211. The van der Waals surface area contributed by atoms with Gasteiger partial charge in [0.05, 0.1) is 5.92 Å². The maximum Gasteiger partial charge on any atom is 0.250 e. The second-order valence-corrected chi connectivity index (χ2v) is 8.28. The first-order chi connectivity index (χ1) is 12.0. The summed E-state index contributed by atoms with van der Waals surface area (Å²) in [6, 6.07) is 15.6. The smallest absolute Gasteiger partial charge is 0.250 e. The largest absolute Gasteiger partial charge is 0.326 e. The Morgan fingerprint density at radius 3 is 2.40 bits per heavy atom. The molecule has 1 aliphatic rings. The normalized spacial score (nSPS) is 20.2. The van der Waals surface area contributed by atoms with E-state index in [9.17, 15) is 13.2 Å². The van der Waals surface area contributed by atoms with E-state index in [1.54, 1.807) is 54.6 Å². The number of nitrogens with one attached hydrogen (secondary N) is 4. The lowest BCUT2D eigenvalue weighted by Gasteiger charge is -2.19. The molecule has 1 fully saturated rings. The Balaban J connectivity index is 1.73. The second kappa shape index (κ2) is 7.52. The molecule has 25 heavy (non-hydrogen) atoms. The molecule has 4 N–H and O–H groups in total. The van der Waals surface area contributed by atoms with Crippen LogP contribution in [0.15, 0.2) is 59.1 Å². The van der Waals surface area contributed by atoms with E-state index in [2.05, 4.69) is 36.8 Å². The topological polar surface area (TPSA) is 99.3 Å². The number of carbonyl (C=O) groups excluding carboxylic acids is 1. The highest BCUT2D eigenvalue weighted by Crippen LogP contribution is 2.20. The van der Waals surface area contributed by atoms with Crippen molar-refractivity contribution in [3.8, 4) is 0 Å². The monoisotopic (exact) mass is 424 g/mol. The SMILES string of the molecule is O=C(Nc1ccc(Br)cc1)C1CNNC1S(=O)(=O)Nc1ccccc1. The Kier molecular flexibility index (Phi) is 5.38. The predicted octanol–water partition coefficient (Wildman–Crippen LogP) is 1.88. The average Bonchev–Trinajstić information content (AvgIpc) is 3.08. The number of anilines is 2. The third kappa shape index (κ3) is 4.37. The number of hydrogen-bond acceptors (Lipinski definition) is 5. The molecule has 9 heteroatoms. The van der Waals surface area contributed by atoms with Crippen molar-refractivity contribution in [3.05, 3.63) is 59.1 Å². The molecule has 2 atom stereocenters. The van der Waals surface area contributed by atoms with Crippen LogP contribution in [0.1, 0.15) is 0 Å². The number of rotatable bonds is 5. The fourth-order valence-corrected chi connectivity index (χ4v) is 4.25. The predicted molar refractivity (Wildman–Crippen MR) is 100 cm³/mol. The fourth-order valence-electron chi connectivity index (χ4n) is 2.50. The Hall–Kier alpha value is -1.94. The van der Waals surface area contributed by atoms with Crippen LogP contribution in [-0.4, -0.2) is 26.2 Å². The summed E-state index contributed by atoms with van der Waals surface area (Å²) in [5.41, 5.74) is 6.48. The number of para-hydroxylation sites is 1. The van der Waals surface area contributed by atoms with Crippen molar-refractivity contribution in [2.45, 2.75) is 5.37 Å². The first kappa shape index (κ1) is 17.9. The summed E-state index contributed by atoms with van der Waals surface area (Å²) >= 11 is 3.32. The molecule has 132 valence electrons. The molecule has 1 saturated heterocycles. The summed E-state index contributed by atoms with van der Waals surface area (Å²) in [6.45, 7) is 0.211. The molecule has 0 spiro atoms. The fraction of sp³-hybridized carbons (Fsp3) is 0.188. The van der Waals surface area contributed by atoms with Gasteiger partial charge in [-0.05, 0) is 36.4 Å². The molecule has 0 bridgehead atoms. The van der Waals surface area contributed by atoms with E-state index in [1.807, 2.05) is 0 Å². The third-order valence-electron chi connectivity index (χ3n) is 3.75. The van der Waals surface area contributed by atoms with Crippen molar-refractivity contribution in [1.82, 2.24) is 10.9 Å². The molecule has 2 aromatic carbocycles. The first-order valence-corrected chi connectivity index (χ1v) is 9.91. The minimum Gasteiger partial charge on any atom is -0.326 e. The lowest BCUT2D eigenvalue weighted by Crippen LogP contribution is -2.45. The van der Waals surface area contributed by atoms with E-state index in [4.69, 9.17) is 0 Å². The van der Waals surface area contributed by atoms with Crippen molar-refractivity contribution in [2.24, 2.45) is 5.92 Å². The number of benzene rings is 2. The Labute approximate surface area is 154 Å². The van der Waals surface area contributed by atoms with Gasteiger partial charge in [0.2, 0.25) is 5.91 Å². The number of halogens is 1. The van der Waals surface area contributed by atoms with Crippen molar-refractivity contribution in [1.29, 1.82) is 0 Å². The molecular formula is C16H17BrN4O3S. The number of sulfonamides is 1. The van der Waals surface area contributed by atoms with Gasteiger partial charge in [0.25, 0.3) is 10.0 Å². The van der Waals surface area contributed by atoms with Crippen LogP contribution < -0.4 is 20.9 Å². The zero-order valence-electron chi connectivity index (χ0n) is 13.1. The van der Waals surface area contributed by atoms with Gasteiger partial charge < -0.3 is 5.32 Å². The standard InChI is InChI=1S/C16H17BrN4O3S/c17-11-6-8-12(9-7-11)19-15(22)14-10-18-20-16(14)25(23,24)21-13-4-2-1-3-5-13/h1-9,14,16,18,20-21H,10H2,(H,19,22). The van der Waals surface area contributed by atoms with E-state index in [1.165, 1.54) is 0 Å². The van der Waals surface area contributed by atoms with Crippen molar-refractivity contribution in [3.63, 3.8) is 0 Å². The maximum atomic E-state index is 12.6. The van der Waals surface area contributed by atoms with Gasteiger partial charge in [0.15, 0.2) is 5.37 Å². The van der Waals surface area contributed by atoms with E-state index < -0.39 is 21.3 Å². The molecule has 2 unspecified atom stereocenters. The molecule has 1 amide bonds. The van der Waals surface area contributed by atoms with Gasteiger partial charge in [-0.1, -0.05) is 34.1 Å². The highest BCUT2D eigenvalue weighted by Gasteiger charge is 2.41. The van der Waals surface area contributed by atoms with Gasteiger partial charge in [-0.3, -0.25) is 14.9 Å². The molecular weight excluding hydrogens is 408 g/mol. The Morgan fingerprint density at radius 2 is 1.72 bits per heavy atom. The number of carbonyl (C=O) groups is 1. The molecule has 2 aromatic rings. The van der Waals surface area contributed by atoms with Crippen LogP contribution in [0.25, 0.3) is 0 Å². The summed E-state index contributed by atoms with van der Waals surface area (Å²) in [5, 5.41) is 1.66. The van der Waals surface area contributed by atoms with Crippen LogP contribution in [0.5, 0.6) is 0 Å².